The first-order valence-corrected chi connectivity index (χ1v) is 9.46. The zero-order chi connectivity index (χ0) is 18.1. The second kappa shape index (κ2) is 7.15. The van der Waals surface area contributed by atoms with E-state index in [4.69, 9.17) is 4.98 Å². The summed E-state index contributed by atoms with van der Waals surface area (Å²) in [6, 6.07) is 5.45. The Morgan fingerprint density at radius 3 is 2.50 bits per heavy atom. The number of anilines is 1. The van der Waals surface area contributed by atoms with Gasteiger partial charge in [0.2, 0.25) is 0 Å². The van der Waals surface area contributed by atoms with Gasteiger partial charge in [-0.25, -0.2) is 14.6 Å². The van der Waals surface area contributed by atoms with Crippen LogP contribution in [0.15, 0.2) is 23.0 Å². The van der Waals surface area contributed by atoms with Crippen LogP contribution in [0.1, 0.15) is 36.0 Å². The van der Waals surface area contributed by atoms with Crippen LogP contribution in [0.5, 0.6) is 0 Å². The summed E-state index contributed by atoms with van der Waals surface area (Å²) in [6.45, 7) is 9.31. The Hall–Kier alpha value is -2.28. The molecule has 2 aromatic heterocycles. The van der Waals surface area contributed by atoms with Crippen LogP contribution in [0.2, 0.25) is 0 Å². The van der Waals surface area contributed by atoms with E-state index in [0.717, 1.165) is 55.8 Å². The second-order valence-corrected chi connectivity index (χ2v) is 7.36. The summed E-state index contributed by atoms with van der Waals surface area (Å²) in [5.74, 6) is 2.66. The molecule has 2 aliphatic rings. The molecule has 3 heterocycles. The average molecular weight is 354 g/mol. The molecule has 1 aliphatic heterocycles. The highest BCUT2D eigenvalue weighted by molar-refractivity contribution is 5.41. The van der Waals surface area contributed by atoms with Crippen molar-refractivity contribution in [3.63, 3.8) is 0 Å². The fraction of sp³-hybridized carbons (Fsp3) is 0.579. The Morgan fingerprint density at radius 1 is 1.00 bits per heavy atom. The number of aryl methyl sites for hydroxylation is 2. The summed E-state index contributed by atoms with van der Waals surface area (Å²) in [7, 11) is 0. The van der Waals surface area contributed by atoms with Gasteiger partial charge >= 0.3 is 0 Å². The number of hydrogen-bond acceptors (Lipinski definition) is 6. The highest BCUT2D eigenvalue weighted by Crippen LogP contribution is 2.38. The van der Waals surface area contributed by atoms with Crippen molar-refractivity contribution in [3.05, 3.63) is 45.8 Å². The van der Waals surface area contributed by atoms with Crippen molar-refractivity contribution in [2.75, 3.05) is 37.6 Å². The molecule has 0 N–H and O–H groups in total. The highest BCUT2D eigenvalue weighted by atomic mass is 16.1. The average Bonchev–Trinajstić information content (AvgIpc) is 3.48. The third-order valence-electron chi connectivity index (χ3n) is 5.12. The lowest BCUT2D eigenvalue weighted by Gasteiger charge is -2.35. The maximum absolute atomic E-state index is 11.9. The van der Waals surface area contributed by atoms with E-state index < -0.39 is 0 Å². The zero-order valence-corrected chi connectivity index (χ0v) is 15.6. The molecule has 0 aromatic carbocycles. The first-order valence-electron chi connectivity index (χ1n) is 9.46. The van der Waals surface area contributed by atoms with Gasteiger partial charge in [-0.2, -0.15) is 5.10 Å². The van der Waals surface area contributed by atoms with Crippen molar-refractivity contribution >= 4 is 5.82 Å². The summed E-state index contributed by atoms with van der Waals surface area (Å²) >= 11 is 0. The largest absolute Gasteiger partial charge is 0.354 e. The van der Waals surface area contributed by atoms with Crippen molar-refractivity contribution in [2.45, 2.75) is 39.2 Å². The van der Waals surface area contributed by atoms with Crippen LogP contribution in [-0.2, 0) is 6.54 Å². The van der Waals surface area contributed by atoms with E-state index in [2.05, 4.69) is 32.9 Å². The summed E-state index contributed by atoms with van der Waals surface area (Å²) in [6.07, 6.45) is 2.45. The molecule has 7 heteroatoms. The Kier molecular flexibility index (Phi) is 4.72. The van der Waals surface area contributed by atoms with Gasteiger partial charge < -0.3 is 4.90 Å². The molecule has 0 bridgehead atoms. The molecular weight excluding hydrogens is 328 g/mol. The van der Waals surface area contributed by atoms with E-state index in [1.54, 1.807) is 16.8 Å². The minimum atomic E-state index is -0.0293. The summed E-state index contributed by atoms with van der Waals surface area (Å²) in [5.41, 5.74) is 1.91. The van der Waals surface area contributed by atoms with Gasteiger partial charge in [-0.1, -0.05) is 0 Å². The van der Waals surface area contributed by atoms with E-state index in [1.807, 2.05) is 6.92 Å². The first kappa shape index (κ1) is 17.1. The molecule has 1 saturated carbocycles. The monoisotopic (exact) mass is 354 g/mol. The molecule has 26 heavy (non-hydrogen) atoms. The van der Waals surface area contributed by atoms with Crippen molar-refractivity contribution < 1.29 is 0 Å². The van der Waals surface area contributed by atoms with Crippen LogP contribution < -0.4 is 10.5 Å². The first-order chi connectivity index (χ1) is 12.6. The predicted octanol–water partition coefficient (Wildman–Crippen LogP) is 1.35. The van der Waals surface area contributed by atoms with Crippen LogP contribution in [-0.4, -0.2) is 57.4 Å². The molecule has 0 unspecified atom stereocenters. The van der Waals surface area contributed by atoms with E-state index >= 15 is 0 Å². The molecule has 4 rings (SSSR count). The lowest BCUT2D eigenvalue weighted by atomic mass is 10.3. The molecule has 0 atom stereocenters. The molecule has 7 nitrogen and oxygen atoms in total. The van der Waals surface area contributed by atoms with Gasteiger partial charge in [0.05, 0.1) is 12.2 Å². The maximum Gasteiger partial charge on any atom is 0.266 e. The second-order valence-electron chi connectivity index (χ2n) is 7.36. The number of nitrogens with zero attached hydrogens (tertiary/aromatic N) is 6. The van der Waals surface area contributed by atoms with Crippen molar-refractivity contribution in [1.82, 2.24) is 24.6 Å². The van der Waals surface area contributed by atoms with Crippen LogP contribution in [0.4, 0.5) is 5.82 Å². The predicted molar refractivity (Wildman–Crippen MR) is 101 cm³/mol. The highest BCUT2D eigenvalue weighted by Gasteiger charge is 2.28. The van der Waals surface area contributed by atoms with Crippen molar-refractivity contribution in [1.29, 1.82) is 0 Å². The van der Waals surface area contributed by atoms with Crippen LogP contribution in [0, 0.1) is 13.8 Å². The molecule has 0 spiro atoms. The van der Waals surface area contributed by atoms with Gasteiger partial charge in [-0.05, 0) is 32.8 Å². The van der Waals surface area contributed by atoms with Crippen LogP contribution in [0.25, 0.3) is 0 Å². The van der Waals surface area contributed by atoms with Gasteiger partial charge in [0.1, 0.15) is 11.6 Å². The molecule has 138 valence electrons. The molecule has 2 aromatic rings. The molecule has 1 aliphatic carbocycles. The Balaban J connectivity index is 1.34. The van der Waals surface area contributed by atoms with E-state index in [9.17, 15) is 4.79 Å². The maximum atomic E-state index is 11.9. The summed E-state index contributed by atoms with van der Waals surface area (Å²) in [4.78, 5) is 26.0. The van der Waals surface area contributed by atoms with E-state index in [0.29, 0.717) is 12.5 Å². The SMILES string of the molecule is Cc1cc(N2CCN(CCn3nc(C)ccc3=O)CC2)nc(C2CC2)n1. The Labute approximate surface area is 153 Å². The van der Waals surface area contributed by atoms with Crippen molar-refractivity contribution in [2.24, 2.45) is 0 Å². The number of hydrogen-bond donors (Lipinski definition) is 0. The van der Waals surface area contributed by atoms with Gasteiger partial charge in [-0.15, -0.1) is 0 Å². The lowest BCUT2D eigenvalue weighted by molar-refractivity contribution is 0.242. The van der Waals surface area contributed by atoms with Gasteiger partial charge in [0, 0.05) is 56.5 Å². The van der Waals surface area contributed by atoms with Gasteiger partial charge in [-0.3, -0.25) is 9.69 Å². The molecular formula is C19H26N6O. The quantitative estimate of drug-likeness (QED) is 0.807. The summed E-state index contributed by atoms with van der Waals surface area (Å²) in [5, 5.41) is 4.31. The molecule has 0 amide bonds. The Bertz CT molecular complexity index is 836. The smallest absolute Gasteiger partial charge is 0.266 e. The van der Waals surface area contributed by atoms with Crippen molar-refractivity contribution in [3.8, 4) is 0 Å². The lowest BCUT2D eigenvalue weighted by Crippen LogP contribution is -2.48. The normalized spacial score (nSPS) is 18.3. The minimum Gasteiger partial charge on any atom is -0.354 e. The fourth-order valence-electron chi connectivity index (χ4n) is 3.41. The third kappa shape index (κ3) is 3.93. The number of aromatic nitrogens is 4. The number of rotatable bonds is 5. The summed E-state index contributed by atoms with van der Waals surface area (Å²) < 4.78 is 1.57. The van der Waals surface area contributed by atoms with Gasteiger partial charge in [0.15, 0.2) is 0 Å². The third-order valence-corrected chi connectivity index (χ3v) is 5.12. The molecule has 0 radical (unpaired) electrons. The molecule has 2 fully saturated rings. The van der Waals surface area contributed by atoms with Gasteiger partial charge in [0.25, 0.3) is 5.56 Å². The standard InChI is InChI=1S/C19H26N6O/c1-14-3-6-18(26)25(22-14)12-9-23-7-10-24(11-8-23)17-13-15(2)20-19(21-17)16-4-5-16/h3,6,13,16H,4-5,7-12H2,1-2H3. The molecule has 1 saturated heterocycles. The minimum absolute atomic E-state index is 0.0293. The Morgan fingerprint density at radius 2 is 1.77 bits per heavy atom. The van der Waals surface area contributed by atoms with E-state index in [-0.39, 0.29) is 5.56 Å². The van der Waals surface area contributed by atoms with E-state index in [1.165, 1.54) is 12.8 Å². The topological polar surface area (TPSA) is 67.2 Å². The van der Waals surface area contributed by atoms with Crippen LogP contribution in [0.3, 0.4) is 0 Å². The van der Waals surface area contributed by atoms with Crippen LogP contribution >= 0.6 is 0 Å². The zero-order valence-electron chi connectivity index (χ0n) is 15.6. The fourth-order valence-corrected chi connectivity index (χ4v) is 3.41. The number of piperazine rings is 1.